The van der Waals surface area contributed by atoms with Crippen LogP contribution in [0.15, 0.2) is 22.7 Å². The van der Waals surface area contributed by atoms with Gasteiger partial charge < -0.3 is 15.2 Å². The molecule has 1 aliphatic rings. The summed E-state index contributed by atoms with van der Waals surface area (Å²) in [4.78, 5) is 14.0. The van der Waals surface area contributed by atoms with E-state index in [-0.39, 0.29) is 25.1 Å². The van der Waals surface area contributed by atoms with E-state index >= 15 is 0 Å². The Kier molecular flexibility index (Phi) is 5.54. The average molecular weight is 343 g/mol. The average Bonchev–Trinajstić information content (AvgIpc) is 2.43. The maximum atomic E-state index is 12.1. The summed E-state index contributed by atoms with van der Waals surface area (Å²) in [7, 11) is 0. The summed E-state index contributed by atoms with van der Waals surface area (Å²) >= 11 is 3.43. The van der Waals surface area contributed by atoms with E-state index in [1.165, 1.54) is 0 Å². The van der Waals surface area contributed by atoms with Crippen LogP contribution in [0.4, 0.5) is 5.69 Å². The van der Waals surface area contributed by atoms with Crippen molar-refractivity contribution in [2.45, 2.75) is 13.0 Å². The minimum absolute atomic E-state index is 0.00463. The number of rotatable bonds is 4. The number of hydrogen-bond donors (Lipinski definition) is 2. The summed E-state index contributed by atoms with van der Waals surface area (Å²) < 4.78 is 6.31. The fourth-order valence-electron chi connectivity index (χ4n) is 2.17. The Morgan fingerprint density at radius 1 is 1.60 bits per heavy atom. The highest BCUT2D eigenvalue weighted by Gasteiger charge is 2.24. The van der Waals surface area contributed by atoms with Gasteiger partial charge in [-0.05, 0) is 30.7 Å². The minimum atomic E-state index is -0.0962. The Hall–Kier alpha value is -0.950. The van der Waals surface area contributed by atoms with E-state index < -0.39 is 0 Å². The molecule has 0 saturated carbocycles. The number of nitrogens with zero attached hydrogens (tertiary/aromatic N) is 1. The molecule has 2 rings (SSSR count). The molecule has 20 heavy (non-hydrogen) atoms. The zero-order chi connectivity index (χ0) is 14.5. The zero-order valence-corrected chi connectivity index (χ0v) is 13.0. The van der Waals surface area contributed by atoms with E-state index in [0.717, 1.165) is 15.7 Å². The van der Waals surface area contributed by atoms with Crippen LogP contribution in [0, 0.1) is 6.92 Å². The SMILES string of the molecule is Cc1cc(NC(=O)CN2CCOCC2CO)ccc1Br. The number of anilines is 1. The van der Waals surface area contributed by atoms with E-state index in [1.54, 1.807) is 0 Å². The molecule has 5 nitrogen and oxygen atoms in total. The fraction of sp³-hybridized carbons (Fsp3) is 0.500. The maximum Gasteiger partial charge on any atom is 0.238 e. The molecule has 1 amide bonds. The van der Waals surface area contributed by atoms with Crippen LogP contribution in [0.5, 0.6) is 0 Å². The monoisotopic (exact) mass is 342 g/mol. The molecular weight excluding hydrogens is 324 g/mol. The smallest absolute Gasteiger partial charge is 0.238 e. The van der Waals surface area contributed by atoms with Crippen LogP contribution in [0.1, 0.15) is 5.56 Å². The Bertz CT molecular complexity index is 481. The van der Waals surface area contributed by atoms with Crippen molar-refractivity contribution in [1.29, 1.82) is 0 Å². The Morgan fingerprint density at radius 3 is 3.10 bits per heavy atom. The van der Waals surface area contributed by atoms with Gasteiger partial charge in [0.05, 0.1) is 32.4 Å². The van der Waals surface area contributed by atoms with E-state index in [4.69, 9.17) is 4.74 Å². The molecule has 6 heteroatoms. The number of aliphatic hydroxyl groups excluding tert-OH is 1. The molecule has 0 spiro atoms. The highest BCUT2D eigenvalue weighted by atomic mass is 79.9. The molecule has 1 aliphatic heterocycles. The normalized spacial score (nSPS) is 19.9. The van der Waals surface area contributed by atoms with E-state index in [1.807, 2.05) is 30.0 Å². The third-order valence-corrected chi connectivity index (χ3v) is 4.24. The van der Waals surface area contributed by atoms with Crippen molar-refractivity contribution in [2.75, 3.05) is 38.2 Å². The highest BCUT2D eigenvalue weighted by molar-refractivity contribution is 9.10. The fourth-order valence-corrected chi connectivity index (χ4v) is 2.42. The topological polar surface area (TPSA) is 61.8 Å². The first-order valence-electron chi connectivity index (χ1n) is 6.59. The van der Waals surface area contributed by atoms with Crippen molar-refractivity contribution in [1.82, 2.24) is 4.90 Å². The summed E-state index contributed by atoms with van der Waals surface area (Å²) in [6.45, 7) is 3.98. The standard InChI is InChI=1S/C14H19BrN2O3/c1-10-6-11(2-3-13(10)15)16-14(19)7-17-4-5-20-9-12(17)8-18/h2-3,6,12,18H,4-5,7-9H2,1H3,(H,16,19). The molecule has 1 unspecified atom stereocenters. The number of aryl methyl sites for hydroxylation is 1. The number of amides is 1. The third kappa shape index (κ3) is 4.02. The van der Waals surface area contributed by atoms with Crippen LogP contribution in [0.2, 0.25) is 0 Å². The number of nitrogens with one attached hydrogen (secondary N) is 1. The largest absolute Gasteiger partial charge is 0.395 e. The van der Waals surface area contributed by atoms with Crippen molar-refractivity contribution in [3.63, 3.8) is 0 Å². The van der Waals surface area contributed by atoms with Crippen LogP contribution in [0.3, 0.4) is 0 Å². The molecule has 2 N–H and O–H groups in total. The molecule has 1 saturated heterocycles. The van der Waals surface area contributed by atoms with Gasteiger partial charge in [-0.2, -0.15) is 0 Å². The van der Waals surface area contributed by atoms with Gasteiger partial charge in [-0.3, -0.25) is 9.69 Å². The number of carbonyl (C=O) groups is 1. The Labute approximate surface area is 127 Å². The second-order valence-electron chi connectivity index (χ2n) is 4.89. The maximum absolute atomic E-state index is 12.1. The number of ether oxygens (including phenoxy) is 1. The van der Waals surface area contributed by atoms with Crippen LogP contribution in [-0.4, -0.2) is 54.9 Å². The van der Waals surface area contributed by atoms with Gasteiger partial charge in [-0.15, -0.1) is 0 Å². The molecule has 0 bridgehead atoms. The molecule has 1 fully saturated rings. The number of morpholine rings is 1. The van der Waals surface area contributed by atoms with E-state index in [0.29, 0.717) is 19.8 Å². The summed E-state index contributed by atoms with van der Waals surface area (Å²) in [5.74, 6) is -0.0768. The van der Waals surface area contributed by atoms with Gasteiger partial charge >= 0.3 is 0 Å². The van der Waals surface area contributed by atoms with Gasteiger partial charge in [0.1, 0.15) is 0 Å². The lowest BCUT2D eigenvalue weighted by Gasteiger charge is -2.33. The van der Waals surface area contributed by atoms with E-state index in [9.17, 15) is 9.90 Å². The first kappa shape index (κ1) is 15.4. The van der Waals surface area contributed by atoms with Crippen molar-refractivity contribution in [2.24, 2.45) is 0 Å². The third-order valence-electron chi connectivity index (χ3n) is 3.35. The molecule has 110 valence electrons. The second kappa shape index (κ2) is 7.17. The van der Waals surface area contributed by atoms with Crippen molar-refractivity contribution >= 4 is 27.5 Å². The lowest BCUT2D eigenvalue weighted by Crippen LogP contribution is -2.50. The van der Waals surface area contributed by atoms with Crippen molar-refractivity contribution < 1.29 is 14.6 Å². The number of hydrogen-bond acceptors (Lipinski definition) is 4. The molecule has 0 aliphatic carbocycles. The van der Waals surface area contributed by atoms with Crippen molar-refractivity contribution in [3.05, 3.63) is 28.2 Å². The van der Waals surface area contributed by atoms with Gasteiger partial charge in [-0.1, -0.05) is 15.9 Å². The summed E-state index contributed by atoms with van der Waals surface area (Å²) in [5, 5.41) is 12.2. The van der Waals surface area contributed by atoms with Gasteiger partial charge in [0, 0.05) is 16.7 Å². The number of benzene rings is 1. The van der Waals surface area contributed by atoms with E-state index in [2.05, 4.69) is 21.2 Å². The summed E-state index contributed by atoms with van der Waals surface area (Å²) in [5.41, 5.74) is 1.85. The van der Waals surface area contributed by atoms with Crippen molar-refractivity contribution in [3.8, 4) is 0 Å². The number of aliphatic hydroxyl groups is 1. The number of carbonyl (C=O) groups excluding carboxylic acids is 1. The molecule has 0 aromatic heterocycles. The Balaban J connectivity index is 1.92. The first-order chi connectivity index (χ1) is 9.60. The van der Waals surface area contributed by atoms with Gasteiger partial charge in [-0.25, -0.2) is 0 Å². The van der Waals surface area contributed by atoms with Crippen LogP contribution in [-0.2, 0) is 9.53 Å². The van der Waals surface area contributed by atoms with Crippen LogP contribution in [0.25, 0.3) is 0 Å². The summed E-state index contributed by atoms with van der Waals surface area (Å²) in [6, 6.07) is 5.60. The lowest BCUT2D eigenvalue weighted by atomic mass is 10.2. The second-order valence-corrected chi connectivity index (χ2v) is 5.75. The quantitative estimate of drug-likeness (QED) is 0.867. The highest BCUT2D eigenvalue weighted by Crippen LogP contribution is 2.20. The Morgan fingerprint density at radius 2 is 2.40 bits per heavy atom. The van der Waals surface area contributed by atoms with Gasteiger partial charge in [0.25, 0.3) is 0 Å². The molecule has 1 aromatic carbocycles. The zero-order valence-electron chi connectivity index (χ0n) is 11.4. The molecule has 1 heterocycles. The van der Waals surface area contributed by atoms with Crippen LogP contribution < -0.4 is 5.32 Å². The molecule has 1 aromatic rings. The summed E-state index contributed by atoms with van der Waals surface area (Å²) in [6.07, 6.45) is 0. The van der Waals surface area contributed by atoms with Gasteiger partial charge in [0.2, 0.25) is 5.91 Å². The lowest BCUT2D eigenvalue weighted by molar-refractivity contribution is -0.120. The predicted molar refractivity (Wildman–Crippen MR) is 80.8 cm³/mol. The molecule has 0 radical (unpaired) electrons. The first-order valence-corrected chi connectivity index (χ1v) is 7.38. The molecule has 1 atom stereocenters. The minimum Gasteiger partial charge on any atom is -0.395 e. The van der Waals surface area contributed by atoms with Gasteiger partial charge in [0.15, 0.2) is 0 Å². The van der Waals surface area contributed by atoms with Crippen LogP contribution >= 0.6 is 15.9 Å². The predicted octanol–water partition coefficient (Wildman–Crippen LogP) is 1.39. The number of halogens is 1. The molecular formula is C14H19BrN2O3.